The summed E-state index contributed by atoms with van der Waals surface area (Å²) >= 11 is 0. The van der Waals surface area contributed by atoms with Crippen LogP contribution in [0.25, 0.3) is 0 Å². The molecule has 3 rings (SSSR count). The van der Waals surface area contributed by atoms with E-state index in [0.29, 0.717) is 18.5 Å². The molecule has 1 heterocycles. The van der Waals surface area contributed by atoms with E-state index in [1.54, 1.807) is 0 Å². The highest BCUT2D eigenvalue weighted by atomic mass is 15.3. The van der Waals surface area contributed by atoms with Crippen molar-refractivity contribution < 1.29 is 0 Å². The predicted molar refractivity (Wildman–Crippen MR) is 116 cm³/mol. The number of piperazine rings is 1. The summed E-state index contributed by atoms with van der Waals surface area (Å²) in [4.78, 5) is 9.50. The number of aliphatic imine (C=N–C) groups is 1. The van der Waals surface area contributed by atoms with Crippen molar-refractivity contribution in [3.63, 3.8) is 0 Å². The standard InChI is InChI=1S/C22H31N5/c1-3-19-8-7-9-20(16-19)25-22(23)24-17-18(2)26-12-14-27(15-13-26)21-10-5-4-6-11-21/h4-11,16,18H,3,12-15,17H2,1-2H3,(H3,23,24,25). The van der Waals surface area contributed by atoms with E-state index in [4.69, 9.17) is 5.73 Å². The molecule has 0 saturated carbocycles. The molecular weight excluding hydrogens is 334 g/mol. The molecule has 1 saturated heterocycles. The number of anilines is 2. The van der Waals surface area contributed by atoms with E-state index < -0.39 is 0 Å². The van der Waals surface area contributed by atoms with Crippen LogP contribution in [0.2, 0.25) is 0 Å². The van der Waals surface area contributed by atoms with Gasteiger partial charge in [-0.25, -0.2) is 0 Å². The molecule has 0 amide bonds. The maximum absolute atomic E-state index is 6.09. The number of hydrogen-bond acceptors (Lipinski definition) is 3. The minimum absolute atomic E-state index is 0.380. The fourth-order valence-electron chi connectivity index (χ4n) is 3.46. The van der Waals surface area contributed by atoms with Crippen LogP contribution >= 0.6 is 0 Å². The molecule has 2 aromatic carbocycles. The summed E-state index contributed by atoms with van der Waals surface area (Å²) in [6.07, 6.45) is 1.01. The highest BCUT2D eigenvalue weighted by Crippen LogP contribution is 2.16. The van der Waals surface area contributed by atoms with E-state index in [1.807, 2.05) is 12.1 Å². The second-order valence-corrected chi connectivity index (χ2v) is 7.11. The fourth-order valence-corrected chi connectivity index (χ4v) is 3.46. The van der Waals surface area contributed by atoms with Crippen LogP contribution in [0.4, 0.5) is 11.4 Å². The first kappa shape index (κ1) is 19.2. The predicted octanol–water partition coefficient (Wildman–Crippen LogP) is 3.19. The van der Waals surface area contributed by atoms with Gasteiger partial charge in [-0.1, -0.05) is 37.3 Å². The van der Waals surface area contributed by atoms with Crippen molar-refractivity contribution in [2.24, 2.45) is 10.7 Å². The number of nitrogens with zero attached hydrogens (tertiary/aromatic N) is 3. The van der Waals surface area contributed by atoms with Crippen LogP contribution in [0, 0.1) is 0 Å². The van der Waals surface area contributed by atoms with E-state index in [2.05, 4.69) is 76.4 Å². The molecule has 5 heteroatoms. The van der Waals surface area contributed by atoms with Crippen LogP contribution < -0.4 is 16.0 Å². The van der Waals surface area contributed by atoms with Gasteiger partial charge in [-0.2, -0.15) is 0 Å². The molecule has 144 valence electrons. The van der Waals surface area contributed by atoms with E-state index in [9.17, 15) is 0 Å². The van der Waals surface area contributed by atoms with Crippen molar-refractivity contribution in [2.75, 3.05) is 42.9 Å². The number of hydrogen-bond donors (Lipinski definition) is 2. The van der Waals surface area contributed by atoms with Crippen LogP contribution in [0.5, 0.6) is 0 Å². The first-order chi connectivity index (χ1) is 13.2. The Morgan fingerprint density at radius 1 is 1.07 bits per heavy atom. The summed E-state index contributed by atoms with van der Waals surface area (Å²) in [6.45, 7) is 9.29. The number of guanidine groups is 1. The molecule has 1 aliphatic rings. The number of benzene rings is 2. The fraction of sp³-hybridized carbons (Fsp3) is 0.409. The Morgan fingerprint density at radius 2 is 1.81 bits per heavy atom. The minimum Gasteiger partial charge on any atom is -0.370 e. The quantitative estimate of drug-likeness (QED) is 0.610. The lowest BCUT2D eigenvalue weighted by molar-refractivity contribution is 0.201. The summed E-state index contributed by atoms with van der Waals surface area (Å²) < 4.78 is 0. The third-order valence-electron chi connectivity index (χ3n) is 5.19. The maximum atomic E-state index is 6.09. The SMILES string of the molecule is CCc1cccc(NC(N)=NCC(C)N2CCN(c3ccccc3)CC2)c1. The molecule has 1 fully saturated rings. The van der Waals surface area contributed by atoms with E-state index in [0.717, 1.165) is 38.3 Å². The van der Waals surface area contributed by atoms with Gasteiger partial charge in [-0.15, -0.1) is 0 Å². The summed E-state index contributed by atoms with van der Waals surface area (Å²) in [5.41, 5.74) is 9.69. The first-order valence-electron chi connectivity index (χ1n) is 9.85. The Bertz CT molecular complexity index is 735. The monoisotopic (exact) mass is 365 g/mol. The average molecular weight is 366 g/mol. The molecule has 0 spiro atoms. The number of rotatable bonds is 6. The molecule has 0 aliphatic carbocycles. The van der Waals surface area contributed by atoms with Crippen LogP contribution in [-0.4, -0.2) is 49.6 Å². The van der Waals surface area contributed by atoms with Gasteiger partial charge in [0.1, 0.15) is 0 Å². The number of nitrogens with two attached hydrogens (primary N) is 1. The molecule has 1 aliphatic heterocycles. The van der Waals surface area contributed by atoms with E-state index >= 15 is 0 Å². The molecule has 0 aromatic heterocycles. The number of para-hydroxylation sites is 1. The minimum atomic E-state index is 0.380. The van der Waals surface area contributed by atoms with E-state index in [1.165, 1.54) is 11.3 Å². The van der Waals surface area contributed by atoms with Gasteiger partial charge in [0.15, 0.2) is 5.96 Å². The molecule has 3 N–H and O–H groups in total. The van der Waals surface area contributed by atoms with Crippen molar-refractivity contribution in [2.45, 2.75) is 26.3 Å². The summed E-state index contributed by atoms with van der Waals surface area (Å²) in [5.74, 6) is 0.484. The van der Waals surface area contributed by atoms with Gasteiger partial charge >= 0.3 is 0 Å². The summed E-state index contributed by atoms with van der Waals surface area (Å²) in [5, 5.41) is 3.20. The molecule has 5 nitrogen and oxygen atoms in total. The zero-order chi connectivity index (χ0) is 19.1. The topological polar surface area (TPSA) is 56.9 Å². The Hall–Kier alpha value is -2.53. The van der Waals surface area contributed by atoms with Crippen LogP contribution in [-0.2, 0) is 6.42 Å². The van der Waals surface area contributed by atoms with Gasteiger partial charge in [0.2, 0.25) is 0 Å². The lowest BCUT2D eigenvalue weighted by Crippen LogP contribution is -2.50. The highest BCUT2D eigenvalue weighted by molar-refractivity contribution is 5.92. The highest BCUT2D eigenvalue weighted by Gasteiger charge is 2.20. The average Bonchev–Trinajstić information content (AvgIpc) is 2.73. The zero-order valence-electron chi connectivity index (χ0n) is 16.4. The molecule has 1 unspecified atom stereocenters. The van der Waals surface area contributed by atoms with E-state index in [-0.39, 0.29) is 0 Å². The van der Waals surface area contributed by atoms with Crippen molar-refractivity contribution in [3.8, 4) is 0 Å². The smallest absolute Gasteiger partial charge is 0.193 e. The second kappa shape index (κ2) is 9.42. The van der Waals surface area contributed by atoms with Gasteiger partial charge < -0.3 is 16.0 Å². The lowest BCUT2D eigenvalue weighted by atomic mass is 10.1. The molecule has 0 bridgehead atoms. The lowest BCUT2D eigenvalue weighted by Gasteiger charge is -2.38. The second-order valence-electron chi connectivity index (χ2n) is 7.11. The van der Waals surface area contributed by atoms with Crippen molar-refractivity contribution >= 4 is 17.3 Å². The summed E-state index contributed by atoms with van der Waals surface area (Å²) in [7, 11) is 0. The van der Waals surface area contributed by atoms with Crippen LogP contribution in [0.15, 0.2) is 59.6 Å². The largest absolute Gasteiger partial charge is 0.370 e. The van der Waals surface area contributed by atoms with Crippen LogP contribution in [0.3, 0.4) is 0 Å². The number of aryl methyl sites for hydroxylation is 1. The van der Waals surface area contributed by atoms with Crippen molar-refractivity contribution in [1.82, 2.24) is 4.90 Å². The Labute approximate surface area is 162 Å². The van der Waals surface area contributed by atoms with Gasteiger partial charge in [0, 0.05) is 43.6 Å². The Kier molecular flexibility index (Phi) is 6.71. The first-order valence-corrected chi connectivity index (χ1v) is 9.85. The summed E-state index contributed by atoms with van der Waals surface area (Å²) in [6, 6.07) is 19.3. The third-order valence-corrected chi connectivity index (χ3v) is 5.19. The Balaban J connectivity index is 1.47. The van der Waals surface area contributed by atoms with Gasteiger partial charge in [-0.05, 0) is 43.2 Å². The molecule has 2 aromatic rings. The van der Waals surface area contributed by atoms with Crippen molar-refractivity contribution in [1.29, 1.82) is 0 Å². The zero-order valence-corrected chi connectivity index (χ0v) is 16.4. The normalized spacial score (nSPS) is 17.0. The van der Waals surface area contributed by atoms with Gasteiger partial charge in [-0.3, -0.25) is 9.89 Å². The van der Waals surface area contributed by atoms with Crippen molar-refractivity contribution in [3.05, 3.63) is 60.2 Å². The maximum Gasteiger partial charge on any atom is 0.193 e. The molecule has 27 heavy (non-hydrogen) atoms. The van der Waals surface area contributed by atoms with Gasteiger partial charge in [0.25, 0.3) is 0 Å². The van der Waals surface area contributed by atoms with Gasteiger partial charge in [0.05, 0.1) is 6.54 Å². The molecular formula is C22H31N5. The number of nitrogens with one attached hydrogen (secondary N) is 1. The van der Waals surface area contributed by atoms with Crippen LogP contribution in [0.1, 0.15) is 19.4 Å². The molecule has 0 radical (unpaired) electrons. The molecule has 1 atom stereocenters. The Morgan fingerprint density at radius 3 is 2.52 bits per heavy atom. The third kappa shape index (κ3) is 5.47.